The molecule has 0 rings (SSSR count). The fourth-order valence-electron chi connectivity index (χ4n) is 1.90. The van der Waals surface area contributed by atoms with E-state index in [1.807, 2.05) is 0 Å². The van der Waals surface area contributed by atoms with Crippen LogP contribution < -0.4 is 5.73 Å². The van der Waals surface area contributed by atoms with Crippen LogP contribution in [0.5, 0.6) is 0 Å². The molecular formula is C13H28ClN. The van der Waals surface area contributed by atoms with Gasteiger partial charge in [0.1, 0.15) is 0 Å². The molecule has 0 aliphatic carbocycles. The van der Waals surface area contributed by atoms with Crippen molar-refractivity contribution in [1.29, 1.82) is 0 Å². The molecule has 1 unspecified atom stereocenters. The van der Waals surface area contributed by atoms with Crippen molar-refractivity contribution < 1.29 is 0 Å². The first kappa shape index (κ1) is 15.2. The smallest absolute Gasteiger partial charge is 0.0962 e. The van der Waals surface area contributed by atoms with E-state index in [0.29, 0.717) is 0 Å². The minimum atomic E-state index is -0.534. The molecule has 0 aromatic heterocycles. The minimum absolute atomic E-state index is 0.0400. The van der Waals surface area contributed by atoms with Crippen molar-refractivity contribution in [3.8, 4) is 0 Å². The third-order valence-electron chi connectivity index (χ3n) is 3.39. The Hall–Kier alpha value is 0.250. The summed E-state index contributed by atoms with van der Waals surface area (Å²) in [5, 5.41) is 0. The van der Waals surface area contributed by atoms with Crippen LogP contribution in [0.4, 0.5) is 0 Å². The van der Waals surface area contributed by atoms with E-state index < -0.39 is 5.00 Å². The summed E-state index contributed by atoms with van der Waals surface area (Å²) in [7, 11) is 0. The summed E-state index contributed by atoms with van der Waals surface area (Å²) in [6, 6.07) is 0. The Morgan fingerprint density at radius 1 is 0.933 bits per heavy atom. The summed E-state index contributed by atoms with van der Waals surface area (Å²) in [5.41, 5.74) is 6.23. The van der Waals surface area contributed by atoms with Crippen LogP contribution in [0.2, 0.25) is 0 Å². The Morgan fingerprint density at radius 3 is 2.00 bits per heavy atom. The maximum Gasteiger partial charge on any atom is 0.0962 e. The maximum absolute atomic E-state index is 6.42. The van der Waals surface area contributed by atoms with Crippen LogP contribution in [0.15, 0.2) is 0 Å². The highest BCUT2D eigenvalue weighted by atomic mass is 35.5. The van der Waals surface area contributed by atoms with Gasteiger partial charge in [-0.05, 0) is 18.3 Å². The number of halogens is 1. The van der Waals surface area contributed by atoms with E-state index in [4.69, 9.17) is 17.3 Å². The largest absolute Gasteiger partial charge is 0.312 e. The summed E-state index contributed by atoms with van der Waals surface area (Å²) in [4.78, 5) is -0.534. The lowest BCUT2D eigenvalue weighted by molar-refractivity contribution is 0.207. The van der Waals surface area contributed by atoms with Gasteiger partial charge in [-0.3, -0.25) is 0 Å². The van der Waals surface area contributed by atoms with Crippen LogP contribution >= 0.6 is 11.6 Å². The number of alkyl halides is 1. The maximum atomic E-state index is 6.42. The summed E-state index contributed by atoms with van der Waals surface area (Å²) >= 11 is 6.42. The zero-order chi connectivity index (χ0) is 11.9. The molecule has 0 aliphatic rings. The summed E-state index contributed by atoms with van der Waals surface area (Å²) < 4.78 is 0. The highest BCUT2D eigenvalue weighted by Crippen LogP contribution is 2.40. The lowest BCUT2D eigenvalue weighted by atomic mass is 9.77. The number of hydrogen-bond acceptors (Lipinski definition) is 1. The monoisotopic (exact) mass is 233 g/mol. The second-order valence-corrected chi connectivity index (χ2v) is 5.98. The van der Waals surface area contributed by atoms with Crippen LogP contribution in [0, 0.1) is 5.41 Å². The third kappa shape index (κ3) is 5.21. The van der Waals surface area contributed by atoms with Crippen molar-refractivity contribution in [1.82, 2.24) is 0 Å². The highest BCUT2D eigenvalue weighted by molar-refractivity contribution is 6.24. The van der Waals surface area contributed by atoms with E-state index in [-0.39, 0.29) is 5.41 Å². The molecule has 2 heteroatoms. The van der Waals surface area contributed by atoms with Gasteiger partial charge in [-0.1, -0.05) is 59.8 Å². The van der Waals surface area contributed by atoms with Gasteiger partial charge in [-0.15, -0.1) is 11.6 Å². The first-order valence-corrected chi connectivity index (χ1v) is 6.73. The van der Waals surface area contributed by atoms with Crippen LogP contribution in [0.1, 0.15) is 72.6 Å². The van der Waals surface area contributed by atoms with Gasteiger partial charge >= 0.3 is 0 Å². The minimum Gasteiger partial charge on any atom is -0.312 e. The molecule has 0 saturated carbocycles. The van der Waals surface area contributed by atoms with E-state index in [0.717, 1.165) is 19.3 Å². The van der Waals surface area contributed by atoms with Crippen LogP contribution in [-0.4, -0.2) is 5.00 Å². The molecule has 0 aliphatic heterocycles. The predicted octanol–water partition coefficient (Wildman–Crippen LogP) is 4.68. The molecule has 0 amide bonds. The SMILES string of the molecule is CCCCCCC(C)(C)C(N)(Cl)CCC. The molecule has 0 radical (unpaired) electrons. The lowest BCUT2D eigenvalue weighted by Crippen LogP contribution is -2.47. The fourth-order valence-corrected chi connectivity index (χ4v) is 2.19. The first-order valence-electron chi connectivity index (χ1n) is 6.35. The van der Waals surface area contributed by atoms with Gasteiger partial charge in [-0.2, -0.15) is 0 Å². The summed E-state index contributed by atoms with van der Waals surface area (Å²) in [6.07, 6.45) is 8.24. The second kappa shape index (κ2) is 6.75. The van der Waals surface area contributed by atoms with Crippen LogP contribution in [0.3, 0.4) is 0 Å². The van der Waals surface area contributed by atoms with E-state index in [1.54, 1.807) is 0 Å². The molecule has 15 heavy (non-hydrogen) atoms. The van der Waals surface area contributed by atoms with E-state index in [9.17, 15) is 0 Å². The first-order chi connectivity index (χ1) is 6.87. The third-order valence-corrected chi connectivity index (χ3v) is 4.09. The Morgan fingerprint density at radius 2 is 1.53 bits per heavy atom. The molecule has 0 aromatic carbocycles. The Labute approximate surface area is 101 Å². The molecule has 0 saturated heterocycles. The lowest BCUT2D eigenvalue weighted by Gasteiger charge is -2.39. The Bertz CT molecular complexity index is 164. The van der Waals surface area contributed by atoms with Gasteiger partial charge in [0.2, 0.25) is 0 Å². The van der Waals surface area contributed by atoms with Crippen molar-refractivity contribution in [2.45, 2.75) is 77.6 Å². The molecule has 0 bridgehead atoms. The van der Waals surface area contributed by atoms with Gasteiger partial charge in [0.05, 0.1) is 5.00 Å². The molecule has 92 valence electrons. The Kier molecular flexibility index (Phi) is 6.86. The van der Waals surface area contributed by atoms with E-state index in [1.165, 1.54) is 25.7 Å². The number of nitrogens with two attached hydrogens (primary N) is 1. The zero-order valence-electron chi connectivity index (χ0n) is 10.9. The van der Waals surface area contributed by atoms with Crippen molar-refractivity contribution >= 4 is 11.6 Å². The van der Waals surface area contributed by atoms with Gasteiger partial charge in [0.25, 0.3) is 0 Å². The molecule has 0 fully saturated rings. The van der Waals surface area contributed by atoms with Crippen molar-refractivity contribution in [3.63, 3.8) is 0 Å². The second-order valence-electron chi connectivity index (χ2n) is 5.31. The predicted molar refractivity (Wildman–Crippen MR) is 70.2 cm³/mol. The van der Waals surface area contributed by atoms with Gasteiger partial charge in [-0.25, -0.2) is 0 Å². The summed E-state index contributed by atoms with van der Waals surface area (Å²) in [5.74, 6) is 0. The number of unbranched alkanes of at least 4 members (excludes halogenated alkanes) is 3. The molecule has 2 N–H and O–H groups in total. The zero-order valence-corrected chi connectivity index (χ0v) is 11.7. The van der Waals surface area contributed by atoms with Gasteiger partial charge < -0.3 is 5.73 Å². The topological polar surface area (TPSA) is 26.0 Å². The fraction of sp³-hybridized carbons (Fsp3) is 1.00. The molecule has 0 heterocycles. The average molecular weight is 234 g/mol. The van der Waals surface area contributed by atoms with Crippen molar-refractivity contribution in [3.05, 3.63) is 0 Å². The van der Waals surface area contributed by atoms with Gasteiger partial charge in [0.15, 0.2) is 0 Å². The molecule has 0 aromatic rings. The average Bonchev–Trinajstić information content (AvgIpc) is 2.12. The van der Waals surface area contributed by atoms with E-state index >= 15 is 0 Å². The normalized spacial score (nSPS) is 16.4. The number of rotatable bonds is 8. The summed E-state index contributed by atoms with van der Waals surface area (Å²) in [6.45, 7) is 8.76. The van der Waals surface area contributed by atoms with Crippen LogP contribution in [0.25, 0.3) is 0 Å². The molecular weight excluding hydrogens is 206 g/mol. The molecule has 1 atom stereocenters. The van der Waals surface area contributed by atoms with Crippen molar-refractivity contribution in [2.24, 2.45) is 11.1 Å². The highest BCUT2D eigenvalue weighted by Gasteiger charge is 2.38. The van der Waals surface area contributed by atoms with Gasteiger partial charge in [0, 0.05) is 0 Å². The Balaban J connectivity index is 4.03. The molecule has 1 nitrogen and oxygen atoms in total. The van der Waals surface area contributed by atoms with Crippen LogP contribution in [-0.2, 0) is 0 Å². The van der Waals surface area contributed by atoms with E-state index in [2.05, 4.69) is 27.7 Å². The quantitative estimate of drug-likeness (QED) is 0.368. The number of hydrogen-bond donors (Lipinski definition) is 1. The standard InChI is InChI=1S/C13H28ClN/c1-5-7-8-9-11-12(3,4)13(14,15)10-6-2/h5-11,15H2,1-4H3. The molecule has 0 spiro atoms. The van der Waals surface area contributed by atoms with Crippen molar-refractivity contribution in [2.75, 3.05) is 0 Å².